The summed E-state index contributed by atoms with van der Waals surface area (Å²) in [5.74, 6) is 0.306. The number of aromatic nitrogens is 1. The standard InChI is InChI=1S/C22H30N4O3/c27-18(26-15-7-4-8-16-26)9-5-2-1-3-6-12-24-19-20(22(29)21(19)28)25-17-10-13-23-14-11-17/h10-11,13-14,24H,1-9,12,15-16H2,(H,23,25). The van der Waals surface area contributed by atoms with E-state index in [9.17, 15) is 14.4 Å². The first kappa shape index (κ1) is 21.0. The van der Waals surface area contributed by atoms with Crippen molar-refractivity contribution in [3.05, 3.63) is 45.0 Å². The fraction of sp³-hybridized carbons (Fsp3) is 0.545. The zero-order valence-corrected chi connectivity index (χ0v) is 16.9. The van der Waals surface area contributed by atoms with Gasteiger partial charge in [-0.25, -0.2) is 0 Å². The predicted octanol–water partition coefficient (Wildman–Crippen LogP) is 3.19. The van der Waals surface area contributed by atoms with Gasteiger partial charge < -0.3 is 15.5 Å². The number of unbranched alkanes of at least 4 members (excludes halogenated alkanes) is 4. The first-order valence-corrected chi connectivity index (χ1v) is 10.7. The van der Waals surface area contributed by atoms with Crippen LogP contribution < -0.4 is 21.5 Å². The van der Waals surface area contributed by atoms with Crippen molar-refractivity contribution in [1.82, 2.24) is 9.88 Å². The Balaban J connectivity index is 1.28. The maximum atomic E-state index is 12.1. The molecule has 7 heteroatoms. The van der Waals surface area contributed by atoms with Gasteiger partial charge in [-0.3, -0.25) is 19.4 Å². The van der Waals surface area contributed by atoms with Gasteiger partial charge in [0.25, 0.3) is 10.9 Å². The van der Waals surface area contributed by atoms with E-state index < -0.39 is 10.9 Å². The molecule has 1 aromatic heterocycles. The zero-order chi connectivity index (χ0) is 20.5. The molecule has 0 aliphatic carbocycles. The molecule has 0 bridgehead atoms. The first-order valence-electron chi connectivity index (χ1n) is 10.7. The zero-order valence-electron chi connectivity index (χ0n) is 16.9. The molecule has 1 aliphatic rings. The number of carbonyl (C=O) groups excluding carboxylic acids is 1. The lowest BCUT2D eigenvalue weighted by Crippen LogP contribution is -2.36. The summed E-state index contributed by atoms with van der Waals surface area (Å²) < 4.78 is 0. The third-order valence-corrected chi connectivity index (χ3v) is 5.44. The van der Waals surface area contributed by atoms with Crippen molar-refractivity contribution in [2.24, 2.45) is 0 Å². The van der Waals surface area contributed by atoms with Crippen molar-refractivity contribution in [2.45, 2.75) is 57.8 Å². The van der Waals surface area contributed by atoms with Gasteiger partial charge in [0.1, 0.15) is 11.4 Å². The number of hydrogen-bond acceptors (Lipinski definition) is 6. The quantitative estimate of drug-likeness (QED) is 0.446. The highest BCUT2D eigenvalue weighted by atomic mass is 16.2. The minimum Gasteiger partial charge on any atom is -0.380 e. The second-order valence-corrected chi connectivity index (χ2v) is 7.66. The summed E-state index contributed by atoms with van der Waals surface area (Å²) in [6.45, 7) is 2.52. The molecule has 2 aromatic rings. The van der Waals surface area contributed by atoms with E-state index in [0.717, 1.165) is 63.7 Å². The highest BCUT2D eigenvalue weighted by Gasteiger charge is 2.20. The predicted molar refractivity (Wildman–Crippen MR) is 115 cm³/mol. The lowest BCUT2D eigenvalue weighted by molar-refractivity contribution is -0.132. The minimum atomic E-state index is -0.484. The lowest BCUT2D eigenvalue weighted by Gasteiger charge is -2.26. The average molecular weight is 399 g/mol. The SMILES string of the molecule is O=C(CCCCCCCNc1c(Nc2ccncc2)c(=O)c1=O)N1CCCCC1. The van der Waals surface area contributed by atoms with Gasteiger partial charge in [0.05, 0.1) is 0 Å². The van der Waals surface area contributed by atoms with Crippen molar-refractivity contribution in [2.75, 3.05) is 30.3 Å². The lowest BCUT2D eigenvalue weighted by atomic mass is 10.1. The number of anilines is 3. The Labute approximate surface area is 171 Å². The monoisotopic (exact) mass is 398 g/mol. The van der Waals surface area contributed by atoms with Crippen molar-refractivity contribution in [3.8, 4) is 0 Å². The molecule has 1 saturated heterocycles. The molecule has 0 saturated carbocycles. The number of pyridine rings is 1. The molecule has 1 aromatic carbocycles. The van der Waals surface area contributed by atoms with Crippen LogP contribution in [0.4, 0.5) is 17.1 Å². The van der Waals surface area contributed by atoms with Crippen molar-refractivity contribution in [1.29, 1.82) is 0 Å². The second kappa shape index (κ2) is 10.7. The summed E-state index contributed by atoms with van der Waals surface area (Å²) in [6.07, 6.45) is 12.5. The molecular formula is C22H30N4O3. The fourth-order valence-electron chi connectivity index (χ4n) is 3.71. The highest BCUT2D eigenvalue weighted by molar-refractivity contribution is 5.78. The van der Waals surface area contributed by atoms with Gasteiger partial charge in [0.15, 0.2) is 0 Å². The normalized spacial score (nSPS) is 14.1. The molecule has 0 atom stereocenters. The summed E-state index contributed by atoms with van der Waals surface area (Å²) in [7, 11) is 0. The van der Waals surface area contributed by atoms with E-state index in [1.54, 1.807) is 24.5 Å². The van der Waals surface area contributed by atoms with Crippen LogP contribution >= 0.6 is 0 Å². The largest absolute Gasteiger partial charge is 0.380 e. The first-order chi connectivity index (χ1) is 14.2. The molecule has 3 rings (SSSR count). The number of nitrogens with one attached hydrogen (secondary N) is 2. The molecule has 2 N–H and O–H groups in total. The number of likely N-dealkylation sites (tertiary alicyclic amines) is 1. The minimum absolute atomic E-state index is 0.306. The van der Waals surface area contributed by atoms with Gasteiger partial charge in [0, 0.05) is 44.1 Å². The Morgan fingerprint density at radius 3 is 2.31 bits per heavy atom. The molecule has 1 aliphatic heterocycles. The Kier molecular flexibility index (Phi) is 7.78. The van der Waals surface area contributed by atoms with E-state index in [1.165, 1.54) is 6.42 Å². The number of carbonyl (C=O) groups is 1. The Morgan fingerprint density at radius 2 is 1.55 bits per heavy atom. The van der Waals surface area contributed by atoms with Gasteiger partial charge >= 0.3 is 0 Å². The summed E-state index contributed by atoms with van der Waals surface area (Å²) in [5.41, 5.74) is 0.492. The van der Waals surface area contributed by atoms with Crippen LogP contribution in [-0.4, -0.2) is 35.4 Å². The number of nitrogens with zero attached hydrogens (tertiary/aromatic N) is 2. The summed E-state index contributed by atoms with van der Waals surface area (Å²) in [4.78, 5) is 41.6. The van der Waals surface area contributed by atoms with Gasteiger partial charge in [-0.2, -0.15) is 0 Å². The van der Waals surface area contributed by atoms with E-state index in [-0.39, 0.29) is 0 Å². The van der Waals surface area contributed by atoms with E-state index >= 15 is 0 Å². The van der Waals surface area contributed by atoms with Crippen LogP contribution in [0.1, 0.15) is 57.8 Å². The Morgan fingerprint density at radius 1 is 0.897 bits per heavy atom. The maximum Gasteiger partial charge on any atom is 0.253 e. The van der Waals surface area contributed by atoms with Crippen molar-refractivity contribution < 1.29 is 4.79 Å². The Bertz CT molecular complexity index is 853. The van der Waals surface area contributed by atoms with Crippen LogP contribution in [0, 0.1) is 0 Å². The molecule has 2 heterocycles. The van der Waals surface area contributed by atoms with Crippen LogP contribution in [-0.2, 0) is 4.79 Å². The average Bonchev–Trinajstić information content (AvgIpc) is 2.77. The van der Waals surface area contributed by atoms with E-state index in [1.807, 2.05) is 4.90 Å². The Hall–Kier alpha value is -2.70. The second-order valence-electron chi connectivity index (χ2n) is 7.66. The van der Waals surface area contributed by atoms with Crippen LogP contribution in [0.5, 0.6) is 0 Å². The molecule has 156 valence electrons. The van der Waals surface area contributed by atoms with Gasteiger partial charge in [-0.15, -0.1) is 0 Å². The molecule has 1 fully saturated rings. The highest BCUT2D eigenvalue weighted by Crippen LogP contribution is 2.20. The van der Waals surface area contributed by atoms with Crippen LogP contribution in [0.25, 0.3) is 0 Å². The third-order valence-electron chi connectivity index (χ3n) is 5.44. The number of piperidine rings is 1. The van der Waals surface area contributed by atoms with E-state index in [0.29, 0.717) is 30.2 Å². The van der Waals surface area contributed by atoms with Crippen LogP contribution in [0.15, 0.2) is 34.1 Å². The van der Waals surface area contributed by atoms with Crippen LogP contribution in [0.3, 0.4) is 0 Å². The van der Waals surface area contributed by atoms with Crippen LogP contribution in [0.2, 0.25) is 0 Å². The number of rotatable bonds is 11. The maximum absolute atomic E-state index is 12.1. The molecule has 0 radical (unpaired) electrons. The summed E-state index contributed by atoms with van der Waals surface area (Å²) >= 11 is 0. The molecular weight excluding hydrogens is 368 g/mol. The third kappa shape index (κ3) is 5.89. The molecule has 1 amide bonds. The molecule has 7 nitrogen and oxygen atoms in total. The summed E-state index contributed by atoms with van der Waals surface area (Å²) in [5, 5.41) is 6.08. The number of amides is 1. The van der Waals surface area contributed by atoms with E-state index in [2.05, 4.69) is 15.6 Å². The van der Waals surface area contributed by atoms with Gasteiger partial charge in [-0.1, -0.05) is 19.3 Å². The summed E-state index contributed by atoms with van der Waals surface area (Å²) in [6, 6.07) is 3.49. The van der Waals surface area contributed by atoms with Crippen molar-refractivity contribution in [3.63, 3.8) is 0 Å². The van der Waals surface area contributed by atoms with E-state index in [4.69, 9.17) is 0 Å². The smallest absolute Gasteiger partial charge is 0.253 e. The number of hydrogen-bond donors (Lipinski definition) is 2. The molecule has 0 spiro atoms. The van der Waals surface area contributed by atoms with Gasteiger partial charge in [0.2, 0.25) is 5.91 Å². The fourth-order valence-corrected chi connectivity index (χ4v) is 3.71. The van der Waals surface area contributed by atoms with Gasteiger partial charge in [-0.05, 0) is 44.2 Å². The molecule has 0 unspecified atom stereocenters. The molecule has 29 heavy (non-hydrogen) atoms. The van der Waals surface area contributed by atoms with Crippen molar-refractivity contribution >= 4 is 23.0 Å². The topological polar surface area (TPSA) is 91.4 Å².